The van der Waals surface area contributed by atoms with Crippen molar-refractivity contribution in [1.82, 2.24) is 0 Å². The molecule has 25 heavy (non-hydrogen) atoms. The van der Waals surface area contributed by atoms with Crippen molar-refractivity contribution >= 4 is 33.0 Å². The number of hydrogen-bond acceptors (Lipinski definition) is 4. The lowest BCUT2D eigenvalue weighted by molar-refractivity contribution is 0.0945. The molecule has 0 saturated carbocycles. The number of benzene rings is 2. The fourth-order valence-corrected chi connectivity index (χ4v) is 4.92. The van der Waals surface area contributed by atoms with Gasteiger partial charge in [-0.2, -0.15) is 0 Å². The molecule has 0 spiro atoms. The lowest BCUT2D eigenvalue weighted by Crippen LogP contribution is -2.47. The summed E-state index contributed by atoms with van der Waals surface area (Å²) in [5.74, 6) is -0.974. The van der Waals surface area contributed by atoms with Gasteiger partial charge >= 0.3 is 0 Å². The van der Waals surface area contributed by atoms with Crippen molar-refractivity contribution in [2.75, 3.05) is 16.4 Å². The summed E-state index contributed by atoms with van der Waals surface area (Å²) in [6.45, 7) is 1.89. The standard InChI is InChI=1S/C18H18ClNO4S/c1-12-3-2-4-15(9-12)20(16-10-25(23,24)11-17(16)21)18(22)13-5-7-14(19)8-6-13/h2-9,16-17,21H,10-11H2,1H3. The molecule has 1 heterocycles. The maximum atomic E-state index is 13.1. The van der Waals surface area contributed by atoms with Gasteiger partial charge in [-0.25, -0.2) is 8.42 Å². The van der Waals surface area contributed by atoms with Crippen LogP contribution in [0.25, 0.3) is 0 Å². The van der Waals surface area contributed by atoms with Crippen LogP contribution < -0.4 is 4.90 Å². The Balaban J connectivity index is 2.06. The topological polar surface area (TPSA) is 74.7 Å². The highest BCUT2D eigenvalue weighted by molar-refractivity contribution is 7.91. The fourth-order valence-electron chi connectivity index (χ4n) is 3.03. The molecule has 2 aromatic rings. The summed E-state index contributed by atoms with van der Waals surface area (Å²) in [7, 11) is -3.40. The van der Waals surface area contributed by atoms with E-state index in [1.54, 1.807) is 42.5 Å². The monoisotopic (exact) mass is 379 g/mol. The molecular formula is C18H18ClNO4S. The minimum absolute atomic E-state index is 0.262. The molecule has 3 rings (SSSR count). The number of anilines is 1. The molecule has 2 aromatic carbocycles. The molecule has 1 aliphatic heterocycles. The second-order valence-electron chi connectivity index (χ2n) is 6.23. The number of aryl methyl sites for hydroxylation is 1. The van der Waals surface area contributed by atoms with Gasteiger partial charge in [-0.1, -0.05) is 23.7 Å². The second kappa shape index (κ2) is 6.78. The maximum Gasteiger partial charge on any atom is 0.258 e. The van der Waals surface area contributed by atoms with Crippen molar-refractivity contribution in [3.63, 3.8) is 0 Å². The Morgan fingerprint density at radius 2 is 1.84 bits per heavy atom. The van der Waals surface area contributed by atoms with Crippen LogP contribution in [0.5, 0.6) is 0 Å². The van der Waals surface area contributed by atoms with E-state index in [1.807, 2.05) is 13.0 Å². The Morgan fingerprint density at radius 3 is 2.40 bits per heavy atom. The molecule has 0 bridgehead atoms. The Morgan fingerprint density at radius 1 is 1.16 bits per heavy atom. The summed E-state index contributed by atoms with van der Waals surface area (Å²) in [5.41, 5.74) is 1.87. The molecule has 1 amide bonds. The number of sulfone groups is 1. The molecule has 1 N–H and O–H groups in total. The van der Waals surface area contributed by atoms with Crippen molar-refractivity contribution in [3.8, 4) is 0 Å². The Labute approximate surface area is 151 Å². The fraction of sp³-hybridized carbons (Fsp3) is 0.278. The first-order chi connectivity index (χ1) is 11.8. The van der Waals surface area contributed by atoms with Crippen LogP contribution >= 0.6 is 11.6 Å². The van der Waals surface area contributed by atoms with Crippen molar-refractivity contribution in [2.24, 2.45) is 0 Å². The van der Waals surface area contributed by atoms with Crippen molar-refractivity contribution in [2.45, 2.75) is 19.1 Å². The zero-order chi connectivity index (χ0) is 18.2. The highest BCUT2D eigenvalue weighted by Gasteiger charge is 2.42. The molecule has 0 radical (unpaired) electrons. The van der Waals surface area contributed by atoms with E-state index >= 15 is 0 Å². The number of rotatable bonds is 3. The number of amides is 1. The van der Waals surface area contributed by atoms with Gasteiger partial charge in [0.25, 0.3) is 5.91 Å². The number of hydrogen-bond donors (Lipinski definition) is 1. The zero-order valence-corrected chi connectivity index (χ0v) is 15.2. The summed E-state index contributed by atoms with van der Waals surface area (Å²) in [6, 6.07) is 12.8. The van der Waals surface area contributed by atoms with Gasteiger partial charge in [0, 0.05) is 16.3 Å². The summed E-state index contributed by atoms with van der Waals surface area (Å²) in [6.07, 6.45) is -1.12. The van der Waals surface area contributed by atoms with Gasteiger partial charge in [-0.15, -0.1) is 0 Å². The zero-order valence-electron chi connectivity index (χ0n) is 13.6. The van der Waals surface area contributed by atoms with Crippen LogP contribution in [0.3, 0.4) is 0 Å². The van der Waals surface area contributed by atoms with E-state index in [4.69, 9.17) is 11.6 Å². The van der Waals surface area contributed by atoms with Crippen molar-refractivity contribution in [1.29, 1.82) is 0 Å². The van der Waals surface area contributed by atoms with E-state index < -0.39 is 22.0 Å². The normalized spacial score (nSPS) is 21.9. The predicted octanol–water partition coefficient (Wildman–Crippen LogP) is 2.45. The van der Waals surface area contributed by atoms with Gasteiger partial charge in [0.15, 0.2) is 9.84 Å². The average molecular weight is 380 g/mol. The number of carbonyl (C=O) groups is 1. The summed E-state index contributed by atoms with van der Waals surface area (Å²) >= 11 is 5.88. The van der Waals surface area contributed by atoms with Crippen molar-refractivity contribution < 1.29 is 18.3 Å². The van der Waals surface area contributed by atoms with Gasteiger partial charge < -0.3 is 10.0 Å². The molecule has 0 aromatic heterocycles. The summed E-state index contributed by atoms with van der Waals surface area (Å²) in [4.78, 5) is 14.5. The number of carbonyl (C=O) groups excluding carboxylic acids is 1. The van der Waals surface area contributed by atoms with Crippen LogP contribution in [0, 0.1) is 6.92 Å². The number of aliphatic hydroxyl groups excluding tert-OH is 1. The molecule has 2 atom stereocenters. The SMILES string of the molecule is Cc1cccc(N(C(=O)c2ccc(Cl)cc2)C2CS(=O)(=O)CC2O)c1. The van der Waals surface area contributed by atoms with Gasteiger partial charge in [0.1, 0.15) is 0 Å². The predicted molar refractivity (Wildman–Crippen MR) is 97.9 cm³/mol. The molecule has 0 aliphatic carbocycles. The molecule has 1 saturated heterocycles. The van der Waals surface area contributed by atoms with Crippen LogP contribution in [-0.4, -0.2) is 43.1 Å². The number of halogens is 1. The minimum atomic E-state index is -3.40. The molecule has 1 fully saturated rings. The lowest BCUT2D eigenvalue weighted by Gasteiger charge is -2.30. The van der Waals surface area contributed by atoms with Crippen LogP contribution in [0.15, 0.2) is 48.5 Å². The van der Waals surface area contributed by atoms with Gasteiger partial charge in [-0.3, -0.25) is 4.79 Å². The third-order valence-electron chi connectivity index (χ3n) is 4.21. The van der Waals surface area contributed by atoms with Crippen LogP contribution in [-0.2, 0) is 9.84 Å². The van der Waals surface area contributed by atoms with Crippen LogP contribution in [0.1, 0.15) is 15.9 Å². The minimum Gasteiger partial charge on any atom is -0.390 e. The number of aliphatic hydroxyl groups is 1. The average Bonchev–Trinajstić information content (AvgIpc) is 2.81. The van der Waals surface area contributed by atoms with Crippen molar-refractivity contribution in [3.05, 3.63) is 64.7 Å². The summed E-state index contributed by atoms with van der Waals surface area (Å²) < 4.78 is 23.9. The Kier molecular flexibility index (Phi) is 4.86. The molecule has 2 unspecified atom stereocenters. The largest absolute Gasteiger partial charge is 0.390 e. The van der Waals surface area contributed by atoms with E-state index in [9.17, 15) is 18.3 Å². The van der Waals surface area contributed by atoms with E-state index in [0.717, 1.165) is 5.56 Å². The highest BCUT2D eigenvalue weighted by atomic mass is 35.5. The van der Waals surface area contributed by atoms with E-state index in [-0.39, 0.29) is 17.4 Å². The first kappa shape index (κ1) is 17.9. The van der Waals surface area contributed by atoms with Gasteiger partial charge in [0.2, 0.25) is 0 Å². The molecule has 5 nitrogen and oxygen atoms in total. The third-order valence-corrected chi connectivity index (χ3v) is 6.17. The van der Waals surface area contributed by atoms with Crippen LogP contribution in [0.2, 0.25) is 5.02 Å². The van der Waals surface area contributed by atoms with E-state index in [1.165, 1.54) is 4.90 Å². The Hall–Kier alpha value is -1.89. The van der Waals surface area contributed by atoms with E-state index in [2.05, 4.69) is 0 Å². The Bertz CT molecular complexity index is 896. The van der Waals surface area contributed by atoms with Crippen LogP contribution in [0.4, 0.5) is 5.69 Å². The quantitative estimate of drug-likeness (QED) is 0.888. The first-order valence-corrected chi connectivity index (χ1v) is 10.0. The summed E-state index contributed by atoms with van der Waals surface area (Å²) in [5, 5.41) is 10.8. The first-order valence-electron chi connectivity index (χ1n) is 7.81. The second-order valence-corrected chi connectivity index (χ2v) is 8.82. The lowest BCUT2D eigenvalue weighted by atomic mass is 10.1. The molecule has 1 aliphatic rings. The molecule has 7 heteroatoms. The molecular weight excluding hydrogens is 362 g/mol. The van der Waals surface area contributed by atoms with Gasteiger partial charge in [0.05, 0.1) is 23.7 Å². The van der Waals surface area contributed by atoms with E-state index in [0.29, 0.717) is 16.3 Å². The highest BCUT2D eigenvalue weighted by Crippen LogP contribution is 2.28. The smallest absolute Gasteiger partial charge is 0.258 e. The third kappa shape index (κ3) is 3.86. The van der Waals surface area contributed by atoms with Gasteiger partial charge in [-0.05, 0) is 48.9 Å². The number of nitrogens with zero attached hydrogens (tertiary/aromatic N) is 1. The maximum absolute atomic E-state index is 13.1. The molecule has 132 valence electrons.